The van der Waals surface area contributed by atoms with Gasteiger partial charge in [-0.25, -0.2) is 0 Å². The van der Waals surface area contributed by atoms with Crippen LogP contribution in [0.15, 0.2) is 87.9 Å². The van der Waals surface area contributed by atoms with Gasteiger partial charge in [0.15, 0.2) is 0 Å². The summed E-state index contributed by atoms with van der Waals surface area (Å²) in [7, 11) is 0. The van der Waals surface area contributed by atoms with Gasteiger partial charge in [-0.15, -0.1) is 0 Å². The van der Waals surface area contributed by atoms with Gasteiger partial charge in [0.25, 0.3) is 0 Å². The van der Waals surface area contributed by atoms with E-state index in [1.807, 2.05) is 60.7 Å². The Bertz CT molecular complexity index is 1520. The van der Waals surface area contributed by atoms with Crippen LogP contribution in [-0.2, 0) is 20.9 Å². The van der Waals surface area contributed by atoms with Gasteiger partial charge in [-0.2, -0.15) is 0 Å². The van der Waals surface area contributed by atoms with Crippen LogP contribution in [0.25, 0.3) is 6.08 Å². The van der Waals surface area contributed by atoms with Gasteiger partial charge in [0.2, 0.25) is 11.8 Å². The molecule has 2 aliphatic heterocycles. The molecule has 2 N–H and O–H groups in total. The number of nitrogens with zero attached hydrogens (tertiary/aromatic N) is 1. The summed E-state index contributed by atoms with van der Waals surface area (Å²) in [6, 6.07) is 21.1. The molecule has 1 aromatic heterocycles. The van der Waals surface area contributed by atoms with E-state index < -0.39 is 0 Å². The van der Waals surface area contributed by atoms with Gasteiger partial charge in [0.1, 0.15) is 18.1 Å². The fraction of sp³-hybridized carbons (Fsp3) is 0.389. The SMILES string of the molecule is CCCC1=C2[C@@H](CC/C(=C/c3ccc(CO)o3)CC)OC[C@@H]2[C@@H]2C(=O)N(c3ccc(Nc4ccccc4)cc3)C(=O)[C@@H]2C1. The van der Waals surface area contributed by atoms with Crippen molar-refractivity contribution >= 4 is 35.0 Å². The number of rotatable bonds is 11. The average Bonchev–Trinajstić information content (AvgIpc) is 3.73. The van der Waals surface area contributed by atoms with Crippen LogP contribution >= 0.6 is 0 Å². The maximum absolute atomic E-state index is 14.0. The molecule has 1 aliphatic carbocycles. The van der Waals surface area contributed by atoms with Gasteiger partial charge in [-0.05, 0) is 92.3 Å². The minimum atomic E-state index is -0.378. The summed E-state index contributed by atoms with van der Waals surface area (Å²) in [5, 5.41) is 12.7. The van der Waals surface area contributed by atoms with Crippen LogP contribution in [-0.4, -0.2) is 29.6 Å². The molecule has 2 aromatic carbocycles. The summed E-state index contributed by atoms with van der Waals surface area (Å²) in [5.41, 5.74) is 6.32. The average molecular weight is 581 g/mol. The number of fused-ring (bicyclic) bond motifs is 3. The number of carbonyl (C=O) groups is 2. The van der Waals surface area contributed by atoms with Crippen molar-refractivity contribution in [2.45, 2.75) is 65.1 Å². The van der Waals surface area contributed by atoms with E-state index in [2.05, 4.69) is 25.2 Å². The van der Waals surface area contributed by atoms with Crippen LogP contribution < -0.4 is 10.2 Å². The van der Waals surface area contributed by atoms with Crippen molar-refractivity contribution < 1.29 is 23.8 Å². The predicted molar refractivity (Wildman–Crippen MR) is 168 cm³/mol. The number of carbonyl (C=O) groups excluding carboxylic acids is 2. The third kappa shape index (κ3) is 5.84. The van der Waals surface area contributed by atoms with Crippen LogP contribution in [0, 0.1) is 17.8 Å². The van der Waals surface area contributed by atoms with Gasteiger partial charge in [-0.3, -0.25) is 14.5 Å². The summed E-state index contributed by atoms with van der Waals surface area (Å²) < 4.78 is 12.1. The molecule has 224 valence electrons. The van der Waals surface area contributed by atoms with Gasteiger partial charge in [0, 0.05) is 17.3 Å². The molecule has 3 heterocycles. The Kier molecular flexibility index (Phi) is 8.63. The van der Waals surface area contributed by atoms with Crippen LogP contribution in [0.5, 0.6) is 0 Å². The molecule has 0 bridgehead atoms. The van der Waals surface area contributed by atoms with Crippen LogP contribution in [0.3, 0.4) is 0 Å². The number of hydrogen-bond acceptors (Lipinski definition) is 6. The van der Waals surface area contributed by atoms with Crippen molar-refractivity contribution in [3.05, 3.63) is 95.0 Å². The van der Waals surface area contributed by atoms with Crippen molar-refractivity contribution in [1.29, 1.82) is 0 Å². The number of hydrogen-bond donors (Lipinski definition) is 2. The highest BCUT2D eigenvalue weighted by Gasteiger charge is 2.57. The largest absolute Gasteiger partial charge is 0.459 e. The zero-order valence-corrected chi connectivity index (χ0v) is 24.9. The van der Waals surface area contributed by atoms with Gasteiger partial charge < -0.3 is 19.6 Å². The Balaban J connectivity index is 1.19. The molecule has 0 saturated carbocycles. The molecule has 4 atom stereocenters. The quantitative estimate of drug-likeness (QED) is 0.181. The molecule has 2 saturated heterocycles. The van der Waals surface area contributed by atoms with Crippen molar-refractivity contribution in [2.75, 3.05) is 16.8 Å². The molecule has 3 aliphatic rings. The Morgan fingerprint density at radius 3 is 2.44 bits per heavy atom. The van der Waals surface area contributed by atoms with Crippen molar-refractivity contribution in [1.82, 2.24) is 0 Å². The first kappa shape index (κ1) is 29.1. The third-order valence-electron chi connectivity index (χ3n) is 9.11. The van der Waals surface area contributed by atoms with Gasteiger partial charge in [0.05, 0.1) is 30.2 Å². The predicted octanol–water partition coefficient (Wildman–Crippen LogP) is 7.41. The zero-order chi connectivity index (χ0) is 29.9. The molecule has 7 nitrogen and oxygen atoms in total. The van der Waals surface area contributed by atoms with E-state index in [0.717, 1.165) is 49.2 Å². The molecule has 3 aromatic rings. The lowest BCUT2D eigenvalue weighted by atomic mass is 9.68. The number of aliphatic hydroxyl groups excluding tert-OH is 1. The van der Waals surface area contributed by atoms with E-state index in [0.29, 0.717) is 24.5 Å². The number of furan rings is 1. The number of anilines is 3. The summed E-state index contributed by atoms with van der Waals surface area (Å²) in [5.74, 6) is 0.335. The lowest BCUT2D eigenvalue weighted by Crippen LogP contribution is -2.34. The molecular weight excluding hydrogens is 540 g/mol. The smallest absolute Gasteiger partial charge is 0.238 e. The molecule has 43 heavy (non-hydrogen) atoms. The van der Waals surface area contributed by atoms with E-state index >= 15 is 0 Å². The Hall–Kier alpha value is -3.94. The first-order chi connectivity index (χ1) is 21.0. The number of amides is 2. The maximum atomic E-state index is 14.0. The fourth-order valence-corrected chi connectivity index (χ4v) is 7.07. The zero-order valence-electron chi connectivity index (χ0n) is 24.9. The first-order valence-corrected chi connectivity index (χ1v) is 15.5. The Labute approximate surface area is 253 Å². The molecule has 0 radical (unpaired) electrons. The lowest BCUT2D eigenvalue weighted by molar-refractivity contribution is -0.122. The molecular formula is C36H40N2O5. The van der Waals surface area contributed by atoms with Gasteiger partial charge in [-0.1, -0.05) is 49.6 Å². The molecule has 2 amide bonds. The lowest BCUT2D eigenvalue weighted by Gasteiger charge is -2.32. The minimum absolute atomic E-state index is 0.0487. The minimum Gasteiger partial charge on any atom is -0.459 e. The third-order valence-corrected chi connectivity index (χ3v) is 9.11. The molecule has 0 unspecified atom stereocenters. The maximum Gasteiger partial charge on any atom is 0.238 e. The number of nitrogens with one attached hydrogen (secondary N) is 1. The second-order valence-electron chi connectivity index (χ2n) is 11.8. The highest BCUT2D eigenvalue weighted by molar-refractivity contribution is 6.22. The molecule has 2 fully saturated rings. The number of ether oxygens (including phenoxy) is 1. The van der Waals surface area contributed by atoms with Crippen molar-refractivity contribution in [3.63, 3.8) is 0 Å². The summed E-state index contributed by atoms with van der Waals surface area (Å²) in [6.45, 7) is 4.66. The van der Waals surface area contributed by atoms with E-state index in [9.17, 15) is 14.7 Å². The Morgan fingerprint density at radius 1 is 0.977 bits per heavy atom. The number of para-hydroxylation sites is 1. The summed E-state index contributed by atoms with van der Waals surface area (Å²) in [6.07, 6.45) is 7.11. The molecule has 6 rings (SSSR count). The number of aliphatic hydroxyl groups is 1. The summed E-state index contributed by atoms with van der Waals surface area (Å²) >= 11 is 0. The van der Waals surface area contributed by atoms with Crippen molar-refractivity contribution in [3.8, 4) is 0 Å². The highest BCUT2D eigenvalue weighted by atomic mass is 16.5. The topological polar surface area (TPSA) is 92.0 Å². The van der Waals surface area contributed by atoms with Crippen LogP contribution in [0.2, 0.25) is 0 Å². The van der Waals surface area contributed by atoms with Crippen LogP contribution in [0.4, 0.5) is 17.1 Å². The van der Waals surface area contributed by atoms with E-state index in [1.54, 1.807) is 6.07 Å². The monoisotopic (exact) mass is 580 g/mol. The normalized spacial score (nSPS) is 23.6. The number of imide groups is 1. The van der Waals surface area contributed by atoms with E-state index in [4.69, 9.17) is 9.15 Å². The highest BCUT2D eigenvalue weighted by Crippen LogP contribution is 2.51. The van der Waals surface area contributed by atoms with Gasteiger partial charge >= 0.3 is 0 Å². The number of benzene rings is 2. The Morgan fingerprint density at radius 2 is 1.74 bits per heavy atom. The second kappa shape index (κ2) is 12.7. The standard InChI is InChI=1S/C36H40N2O5/c1-3-8-24-20-30-34(31-22-42-32(33(24)31)18-11-23(4-2)19-28-16-17-29(21-39)43-28)36(41)38(35(30)40)27-14-12-26(13-15-27)37-25-9-6-5-7-10-25/h5-7,9-10,12-17,19,30-32,34,37,39H,3-4,8,11,18,20-22H2,1-2H3/b23-19+/t30-,31+,32-,34-/m1/s1. The molecule has 0 spiro atoms. The van der Waals surface area contributed by atoms with Crippen molar-refractivity contribution in [2.24, 2.45) is 17.8 Å². The first-order valence-electron chi connectivity index (χ1n) is 15.5. The second-order valence-corrected chi connectivity index (χ2v) is 11.8. The summed E-state index contributed by atoms with van der Waals surface area (Å²) in [4.78, 5) is 29.2. The fourth-order valence-electron chi connectivity index (χ4n) is 7.07. The van der Waals surface area contributed by atoms with E-state index in [1.165, 1.54) is 21.6 Å². The number of allylic oxidation sites excluding steroid dienone is 2. The van der Waals surface area contributed by atoms with Crippen LogP contribution in [0.1, 0.15) is 63.9 Å². The van der Waals surface area contributed by atoms with E-state index in [-0.39, 0.29) is 42.3 Å². The molecule has 7 heteroatoms.